The molecule has 0 spiro atoms. The Kier molecular flexibility index (Phi) is 5.92. The van der Waals surface area contributed by atoms with Gasteiger partial charge in [0.1, 0.15) is 0 Å². The number of sulfonamides is 1. The average molecular weight is 349 g/mol. The largest absolute Gasteiger partial charge is 0.354 e. The van der Waals surface area contributed by atoms with E-state index in [2.05, 4.69) is 5.32 Å². The van der Waals surface area contributed by atoms with E-state index in [4.69, 9.17) is 11.6 Å². The zero-order valence-electron chi connectivity index (χ0n) is 11.4. The summed E-state index contributed by atoms with van der Waals surface area (Å²) < 4.78 is 24.4. The van der Waals surface area contributed by atoms with Gasteiger partial charge < -0.3 is 5.32 Å². The quantitative estimate of drug-likeness (QED) is 0.626. The molecular formula is C13H17ClN2O3S2. The molecule has 1 aromatic carbocycles. The van der Waals surface area contributed by atoms with E-state index in [9.17, 15) is 13.2 Å². The van der Waals surface area contributed by atoms with Crippen LogP contribution in [0.25, 0.3) is 0 Å². The van der Waals surface area contributed by atoms with Gasteiger partial charge in [0, 0.05) is 28.8 Å². The summed E-state index contributed by atoms with van der Waals surface area (Å²) in [5.41, 5.74) is 0. The monoisotopic (exact) mass is 348 g/mol. The second-order valence-corrected chi connectivity index (χ2v) is 8.35. The van der Waals surface area contributed by atoms with Crippen LogP contribution in [-0.4, -0.2) is 49.8 Å². The maximum absolute atomic E-state index is 11.7. The molecule has 0 radical (unpaired) electrons. The van der Waals surface area contributed by atoms with Crippen LogP contribution in [0.15, 0.2) is 29.2 Å². The Morgan fingerprint density at radius 2 is 2.05 bits per heavy atom. The predicted octanol–water partition coefficient (Wildman–Crippen LogP) is 1.58. The second-order valence-electron chi connectivity index (χ2n) is 4.66. The van der Waals surface area contributed by atoms with E-state index in [-0.39, 0.29) is 18.2 Å². The predicted molar refractivity (Wildman–Crippen MR) is 85.2 cm³/mol. The molecule has 0 aromatic heterocycles. The van der Waals surface area contributed by atoms with Crippen LogP contribution in [0.1, 0.15) is 6.42 Å². The molecule has 0 aliphatic carbocycles. The summed E-state index contributed by atoms with van der Waals surface area (Å²) in [6, 6.07) is 7.48. The lowest BCUT2D eigenvalue weighted by atomic mass is 10.4. The van der Waals surface area contributed by atoms with E-state index in [1.165, 1.54) is 4.31 Å². The highest BCUT2D eigenvalue weighted by atomic mass is 35.5. The summed E-state index contributed by atoms with van der Waals surface area (Å²) in [6.07, 6.45) is 0.599. The fourth-order valence-electron chi connectivity index (χ4n) is 1.98. The SMILES string of the molecule is O=C(CN1CCCS1(=O)=O)NCCSc1ccc(Cl)cc1. The number of carbonyl (C=O) groups is 1. The van der Waals surface area contributed by atoms with E-state index in [1.54, 1.807) is 11.8 Å². The van der Waals surface area contributed by atoms with Crippen molar-refractivity contribution in [2.24, 2.45) is 0 Å². The highest BCUT2D eigenvalue weighted by molar-refractivity contribution is 7.99. The zero-order valence-corrected chi connectivity index (χ0v) is 13.8. The molecule has 1 aliphatic rings. The summed E-state index contributed by atoms with van der Waals surface area (Å²) in [4.78, 5) is 12.8. The number of halogens is 1. The Hall–Kier alpha value is -0.760. The van der Waals surface area contributed by atoms with Gasteiger partial charge in [-0.25, -0.2) is 8.42 Å². The summed E-state index contributed by atoms with van der Waals surface area (Å²) in [5, 5.41) is 3.43. The molecule has 1 amide bonds. The van der Waals surface area contributed by atoms with E-state index in [0.29, 0.717) is 24.5 Å². The lowest BCUT2D eigenvalue weighted by molar-refractivity contribution is -0.121. The lowest BCUT2D eigenvalue weighted by Crippen LogP contribution is -2.38. The summed E-state index contributed by atoms with van der Waals surface area (Å²) in [6.45, 7) is 0.864. The van der Waals surface area contributed by atoms with E-state index in [0.717, 1.165) is 10.6 Å². The Morgan fingerprint density at radius 3 is 2.67 bits per heavy atom. The molecule has 2 rings (SSSR count). The molecule has 21 heavy (non-hydrogen) atoms. The first-order valence-corrected chi connectivity index (χ1v) is 9.57. The van der Waals surface area contributed by atoms with Gasteiger partial charge in [0.2, 0.25) is 15.9 Å². The van der Waals surface area contributed by atoms with Crippen molar-refractivity contribution in [2.75, 3.05) is 31.1 Å². The van der Waals surface area contributed by atoms with Gasteiger partial charge >= 0.3 is 0 Å². The first kappa shape index (κ1) is 16.6. The van der Waals surface area contributed by atoms with Gasteiger partial charge in [-0.15, -0.1) is 11.8 Å². The van der Waals surface area contributed by atoms with Gasteiger partial charge in [-0.05, 0) is 30.7 Å². The molecule has 1 aliphatic heterocycles. The number of nitrogens with one attached hydrogen (secondary N) is 1. The van der Waals surface area contributed by atoms with Crippen molar-refractivity contribution >= 4 is 39.3 Å². The molecule has 1 N–H and O–H groups in total. The highest BCUT2D eigenvalue weighted by Gasteiger charge is 2.29. The van der Waals surface area contributed by atoms with Crippen LogP contribution < -0.4 is 5.32 Å². The Morgan fingerprint density at radius 1 is 1.33 bits per heavy atom. The van der Waals surface area contributed by atoms with Crippen LogP contribution in [0.4, 0.5) is 0 Å². The van der Waals surface area contributed by atoms with Gasteiger partial charge in [0.05, 0.1) is 12.3 Å². The van der Waals surface area contributed by atoms with Crippen molar-refractivity contribution in [1.29, 1.82) is 0 Å². The smallest absolute Gasteiger partial charge is 0.235 e. The molecule has 0 atom stereocenters. The van der Waals surface area contributed by atoms with E-state index < -0.39 is 10.0 Å². The maximum atomic E-state index is 11.7. The van der Waals surface area contributed by atoms with Crippen molar-refractivity contribution in [3.8, 4) is 0 Å². The lowest BCUT2D eigenvalue weighted by Gasteiger charge is -2.13. The topological polar surface area (TPSA) is 66.5 Å². The van der Waals surface area contributed by atoms with Crippen LogP contribution in [0.2, 0.25) is 5.02 Å². The summed E-state index contributed by atoms with van der Waals surface area (Å²) >= 11 is 7.41. The Balaban J connectivity index is 1.66. The minimum Gasteiger partial charge on any atom is -0.354 e. The number of hydrogen-bond acceptors (Lipinski definition) is 4. The molecule has 1 heterocycles. The average Bonchev–Trinajstić information content (AvgIpc) is 2.76. The van der Waals surface area contributed by atoms with E-state index >= 15 is 0 Å². The summed E-state index contributed by atoms with van der Waals surface area (Å²) in [7, 11) is -3.21. The number of nitrogens with zero attached hydrogens (tertiary/aromatic N) is 1. The van der Waals surface area contributed by atoms with Crippen molar-refractivity contribution in [3.63, 3.8) is 0 Å². The van der Waals surface area contributed by atoms with Gasteiger partial charge in [0.15, 0.2) is 0 Å². The molecule has 0 saturated carbocycles. The fraction of sp³-hybridized carbons (Fsp3) is 0.462. The molecule has 0 unspecified atom stereocenters. The Bertz CT molecular complexity index is 590. The third kappa shape index (κ3) is 5.18. The van der Waals surface area contributed by atoms with Gasteiger partial charge in [-0.3, -0.25) is 4.79 Å². The van der Waals surface area contributed by atoms with E-state index in [1.807, 2.05) is 24.3 Å². The highest BCUT2D eigenvalue weighted by Crippen LogP contribution is 2.19. The molecule has 5 nitrogen and oxygen atoms in total. The van der Waals surface area contributed by atoms with Crippen molar-refractivity contribution in [2.45, 2.75) is 11.3 Å². The third-order valence-electron chi connectivity index (χ3n) is 3.03. The zero-order chi connectivity index (χ0) is 15.3. The molecule has 1 aromatic rings. The van der Waals surface area contributed by atoms with Crippen LogP contribution >= 0.6 is 23.4 Å². The Labute approximate surface area is 134 Å². The van der Waals surface area contributed by atoms with Crippen molar-refractivity contribution in [3.05, 3.63) is 29.3 Å². The second kappa shape index (κ2) is 7.49. The number of hydrogen-bond donors (Lipinski definition) is 1. The number of amides is 1. The first-order valence-electron chi connectivity index (χ1n) is 6.60. The standard InChI is InChI=1S/C13H17ClN2O3S2/c14-11-2-4-12(5-3-11)20-8-6-15-13(17)10-16-7-1-9-21(16,18)19/h2-5H,1,6-10H2,(H,15,17). The number of carbonyl (C=O) groups excluding carboxylic acids is 1. The van der Waals surface area contributed by atoms with Crippen molar-refractivity contribution in [1.82, 2.24) is 9.62 Å². The first-order chi connectivity index (χ1) is 9.97. The number of benzene rings is 1. The number of rotatable bonds is 6. The minimum absolute atomic E-state index is 0.0755. The maximum Gasteiger partial charge on any atom is 0.235 e. The molecule has 116 valence electrons. The fourth-order valence-corrected chi connectivity index (χ4v) is 4.34. The van der Waals surface area contributed by atoms with Gasteiger partial charge in [-0.2, -0.15) is 4.31 Å². The van der Waals surface area contributed by atoms with Crippen molar-refractivity contribution < 1.29 is 13.2 Å². The van der Waals surface area contributed by atoms with Crippen LogP contribution in [0.3, 0.4) is 0 Å². The van der Waals surface area contributed by atoms with Crippen LogP contribution in [-0.2, 0) is 14.8 Å². The molecule has 0 bridgehead atoms. The summed E-state index contributed by atoms with van der Waals surface area (Å²) in [5.74, 6) is 0.615. The van der Waals surface area contributed by atoms with Gasteiger partial charge in [-0.1, -0.05) is 11.6 Å². The molecule has 1 fully saturated rings. The minimum atomic E-state index is -3.21. The third-order valence-corrected chi connectivity index (χ3v) is 6.20. The van der Waals surface area contributed by atoms with Crippen LogP contribution in [0.5, 0.6) is 0 Å². The van der Waals surface area contributed by atoms with Gasteiger partial charge in [0.25, 0.3) is 0 Å². The normalized spacial score (nSPS) is 17.8. The molecule has 1 saturated heterocycles. The molecule has 8 heteroatoms. The van der Waals surface area contributed by atoms with Crippen LogP contribution in [0, 0.1) is 0 Å². The molecular weight excluding hydrogens is 332 g/mol. The number of thioether (sulfide) groups is 1.